The third kappa shape index (κ3) is 4.71. The number of aryl methyl sites for hydroxylation is 1. The fourth-order valence-corrected chi connectivity index (χ4v) is 5.29. The smallest absolute Gasteiger partial charge is 0.241 e. The molecule has 1 aliphatic heterocycles. The Labute approximate surface area is 173 Å². The van der Waals surface area contributed by atoms with Crippen molar-refractivity contribution >= 4 is 15.6 Å². The molecule has 2 aromatic rings. The Hall–Kier alpha value is -2.17. The van der Waals surface area contributed by atoms with Gasteiger partial charge in [0.25, 0.3) is 0 Å². The normalized spacial score (nSPS) is 20.0. The summed E-state index contributed by atoms with van der Waals surface area (Å²) in [5.41, 5.74) is 8.98. The van der Waals surface area contributed by atoms with Gasteiger partial charge in [0.2, 0.25) is 10.0 Å². The zero-order valence-corrected chi connectivity index (χ0v) is 17.6. The van der Waals surface area contributed by atoms with Gasteiger partial charge in [0.05, 0.1) is 24.2 Å². The molecule has 1 heterocycles. The fourth-order valence-electron chi connectivity index (χ4n) is 4.02. The lowest BCUT2D eigenvalue weighted by molar-refractivity contribution is 0.146. The number of rotatable bonds is 3. The Balaban J connectivity index is 1.70. The standard InChI is InChI=1S/C24H27NO3S/c1-18-11-13-22(14-12-18)29(26,27)25-24-10-4-2-3-7-19(24)15-21-17-28-16-20-8-5-6-9-23(20)21/h5-6,8-9,11-14,24-25H,2-4,7,10,16-17H2,1H3. The molecule has 2 aliphatic rings. The highest BCUT2D eigenvalue weighted by Gasteiger charge is 2.25. The van der Waals surface area contributed by atoms with Crippen molar-refractivity contribution < 1.29 is 13.2 Å². The van der Waals surface area contributed by atoms with Crippen molar-refractivity contribution in [1.82, 2.24) is 4.72 Å². The molecule has 2 aromatic carbocycles. The number of nitrogens with one attached hydrogen (secondary N) is 1. The minimum atomic E-state index is -3.58. The first-order chi connectivity index (χ1) is 14.0. The molecule has 1 aliphatic carbocycles. The monoisotopic (exact) mass is 409 g/mol. The van der Waals surface area contributed by atoms with Crippen LogP contribution in [0.4, 0.5) is 0 Å². The van der Waals surface area contributed by atoms with E-state index in [9.17, 15) is 8.42 Å². The molecule has 1 fully saturated rings. The summed E-state index contributed by atoms with van der Waals surface area (Å²) in [6.45, 7) is 3.07. The summed E-state index contributed by atoms with van der Waals surface area (Å²) in [5, 5.41) is 0. The predicted molar refractivity (Wildman–Crippen MR) is 115 cm³/mol. The van der Waals surface area contributed by atoms with Gasteiger partial charge in [0, 0.05) is 5.57 Å². The van der Waals surface area contributed by atoms with Crippen LogP contribution in [0.5, 0.6) is 0 Å². The Morgan fingerprint density at radius 3 is 2.62 bits per heavy atom. The lowest BCUT2D eigenvalue weighted by Crippen LogP contribution is -2.35. The van der Waals surface area contributed by atoms with E-state index in [4.69, 9.17) is 4.74 Å². The van der Waals surface area contributed by atoms with Crippen LogP contribution in [0.3, 0.4) is 0 Å². The van der Waals surface area contributed by atoms with Crippen LogP contribution in [0.15, 0.2) is 64.7 Å². The molecule has 1 N–H and O–H groups in total. The Kier molecular flexibility index (Phi) is 6.02. The van der Waals surface area contributed by atoms with Gasteiger partial charge in [-0.1, -0.05) is 54.8 Å². The van der Waals surface area contributed by atoms with E-state index in [0.29, 0.717) is 18.1 Å². The number of benzene rings is 2. The van der Waals surface area contributed by atoms with Gasteiger partial charge < -0.3 is 4.74 Å². The molecule has 0 amide bonds. The third-order valence-corrected chi connectivity index (χ3v) is 7.13. The van der Waals surface area contributed by atoms with Gasteiger partial charge in [-0.25, -0.2) is 13.1 Å². The van der Waals surface area contributed by atoms with E-state index in [0.717, 1.165) is 59.9 Å². The Bertz CT molecular complexity index is 1050. The SMILES string of the molecule is Cc1ccc(S(=O)(=O)NC2CCCCCC2=C=C2COCc3ccccc32)cc1. The van der Waals surface area contributed by atoms with Crippen LogP contribution in [0.25, 0.3) is 5.57 Å². The molecule has 0 bridgehead atoms. The van der Waals surface area contributed by atoms with Crippen LogP contribution < -0.4 is 4.72 Å². The van der Waals surface area contributed by atoms with Gasteiger partial charge >= 0.3 is 0 Å². The van der Waals surface area contributed by atoms with Crippen LogP contribution in [-0.4, -0.2) is 21.1 Å². The van der Waals surface area contributed by atoms with E-state index in [1.807, 2.05) is 31.2 Å². The van der Waals surface area contributed by atoms with E-state index in [1.54, 1.807) is 12.1 Å². The second-order valence-electron chi connectivity index (χ2n) is 7.86. The second-order valence-corrected chi connectivity index (χ2v) is 9.58. The number of hydrogen-bond acceptors (Lipinski definition) is 3. The molecule has 152 valence electrons. The zero-order valence-electron chi connectivity index (χ0n) is 16.8. The highest BCUT2D eigenvalue weighted by Crippen LogP contribution is 2.29. The Morgan fingerprint density at radius 1 is 1.00 bits per heavy atom. The average Bonchev–Trinajstić information content (AvgIpc) is 2.93. The summed E-state index contributed by atoms with van der Waals surface area (Å²) >= 11 is 0. The van der Waals surface area contributed by atoms with Crippen LogP contribution >= 0.6 is 0 Å². The summed E-state index contributed by atoms with van der Waals surface area (Å²) in [6.07, 6.45) is 4.82. The average molecular weight is 410 g/mol. The molecule has 1 saturated carbocycles. The molecule has 4 nitrogen and oxygen atoms in total. The lowest BCUT2D eigenvalue weighted by atomic mass is 9.96. The molecule has 5 heteroatoms. The molecule has 0 spiro atoms. The first-order valence-electron chi connectivity index (χ1n) is 10.3. The van der Waals surface area contributed by atoms with E-state index in [1.165, 1.54) is 0 Å². The first kappa shape index (κ1) is 20.1. The van der Waals surface area contributed by atoms with Gasteiger partial charge in [0.15, 0.2) is 0 Å². The summed E-state index contributed by atoms with van der Waals surface area (Å²) in [4.78, 5) is 0.311. The maximum Gasteiger partial charge on any atom is 0.241 e. The van der Waals surface area contributed by atoms with Gasteiger partial charge in [-0.15, -0.1) is 5.73 Å². The Morgan fingerprint density at radius 2 is 1.79 bits per heavy atom. The van der Waals surface area contributed by atoms with Crippen molar-refractivity contribution in [2.24, 2.45) is 0 Å². The minimum Gasteiger partial charge on any atom is -0.371 e. The summed E-state index contributed by atoms with van der Waals surface area (Å²) in [7, 11) is -3.58. The molecule has 4 rings (SSSR count). The molecule has 0 aromatic heterocycles. The van der Waals surface area contributed by atoms with Crippen molar-refractivity contribution in [2.45, 2.75) is 56.6 Å². The van der Waals surface area contributed by atoms with Crippen LogP contribution in [-0.2, 0) is 21.4 Å². The van der Waals surface area contributed by atoms with Gasteiger partial charge in [-0.3, -0.25) is 0 Å². The predicted octanol–water partition coefficient (Wildman–Crippen LogP) is 4.75. The quantitative estimate of drug-likeness (QED) is 0.588. The number of hydrogen-bond donors (Lipinski definition) is 1. The summed E-state index contributed by atoms with van der Waals surface area (Å²) in [5.74, 6) is 0. The highest BCUT2D eigenvalue weighted by atomic mass is 32.2. The van der Waals surface area contributed by atoms with Crippen molar-refractivity contribution in [2.75, 3.05) is 6.61 Å². The highest BCUT2D eigenvalue weighted by molar-refractivity contribution is 7.89. The first-order valence-corrected chi connectivity index (χ1v) is 11.7. The van der Waals surface area contributed by atoms with E-state index >= 15 is 0 Å². The number of fused-ring (bicyclic) bond motifs is 1. The topological polar surface area (TPSA) is 55.4 Å². The second kappa shape index (κ2) is 8.68. The molecule has 1 unspecified atom stereocenters. The van der Waals surface area contributed by atoms with E-state index in [2.05, 4.69) is 22.6 Å². The number of sulfonamides is 1. The summed E-state index contributed by atoms with van der Waals surface area (Å²) in [6, 6.07) is 15.0. The third-order valence-electron chi connectivity index (χ3n) is 5.65. The molecule has 1 atom stereocenters. The molecule has 0 saturated heterocycles. The van der Waals surface area contributed by atoms with Crippen molar-refractivity contribution in [3.05, 3.63) is 76.5 Å². The molecular weight excluding hydrogens is 382 g/mol. The van der Waals surface area contributed by atoms with Crippen molar-refractivity contribution in [3.8, 4) is 0 Å². The maximum atomic E-state index is 13.0. The minimum absolute atomic E-state index is 0.231. The van der Waals surface area contributed by atoms with Crippen molar-refractivity contribution in [1.29, 1.82) is 0 Å². The van der Waals surface area contributed by atoms with Crippen LogP contribution in [0, 0.1) is 6.92 Å². The largest absolute Gasteiger partial charge is 0.371 e. The summed E-state index contributed by atoms with van der Waals surface area (Å²) < 4.78 is 34.7. The van der Waals surface area contributed by atoms with Crippen LogP contribution in [0.2, 0.25) is 0 Å². The molecular formula is C24H27NO3S. The van der Waals surface area contributed by atoms with Gasteiger partial charge in [-0.05, 0) is 55.0 Å². The number of ether oxygens (including phenoxy) is 1. The fraction of sp³-hybridized carbons (Fsp3) is 0.375. The maximum absolute atomic E-state index is 13.0. The van der Waals surface area contributed by atoms with E-state index < -0.39 is 10.0 Å². The lowest BCUT2D eigenvalue weighted by Gasteiger charge is -2.21. The molecule has 0 radical (unpaired) electrons. The zero-order chi connectivity index (χ0) is 20.3. The van der Waals surface area contributed by atoms with Gasteiger partial charge in [-0.2, -0.15) is 0 Å². The molecule has 29 heavy (non-hydrogen) atoms. The van der Waals surface area contributed by atoms with E-state index in [-0.39, 0.29) is 6.04 Å². The van der Waals surface area contributed by atoms with Crippen molar-refractivity contribution in [3.63, 3.8) is 0 Å². The van der Waals surface area contributed by atoms with Crippen LogP contribution in [0.1, 0.15) is 48.8 Å². The van der Waals surface area contributed by atoms with Gasteiger partial charge in [0.1, 0.15) is 0 Å².